The van der Waals surface area contributed by atoms with E-state index in [9.17, 15) is 9.59 Å². The van der Waals surface area contributed by atoms with Crippen LogP contribution in [-0.4, -0.2) is 41.4 Å². The maximum atomic E-state index is 12.2. The third-order valence-electron chi connectivity index (χ3n) is 5.14. The lowest BCUT2D eigenvalue weighted by Crippen LogP contribution is -2.32. The molecule has 1 fully saturated rings. The van der Waals surface area contributed by atoms with Gasteiger partial charge in [0.25, 0.3) is 5.91 Å². The highest BCUT2D eigenvalue weighted by Gasteiger charge is 2.15. The van der Waals surface area contributed by atoms with E-state index in [4.69, 9.17) is 0 Å². The molecule has 3 N–H and O–H groups in total. The highest BCUT2D eigenvalue weighted by atomic mass is 16.2. The molecule has 2 amide bonds. The number of amides is 2. The van der Waals surface area contributed by atoms with Gasteiger partial charge in [0.05, 0.1) is 6.54 Å². The molecule has 1 aliphatic heterocycles. The van der Waals surface area contributed by atoms with Gasteiger partial charge in [0.1, 0.15) is 5.82 Å². The first-order chi connectivity index (χ1) is 15.6. The van der Waals surface area contributed by atoms with Crippen molar-refractivity contribution in [2.75, 3.05) is 35.2 Å². The van der Waals surface area contributed by atoms with Crippen LogP contribution < -0.4 is 20.9 Å². The molecular formula is C24H26N6O2. The van der Waals surface area contributed by atoms with Crippen LogP contribution in [0.3, 0.4) is 0 Å². The SMILES string of the molecule is Cc1cc(N2CCCC2)nc(Nc2ccc(NC(=O)CNC(=O)c3ccccc3)cc2)n1. The van der Waals surface area contributed by atoms with Crippen molar-refractivity contribution in [2.45, 2.75) is 19.8 Å². The zero-order valence-corrected chi connectivity index (χ0v) is 18.0. The van der Waals surface area contributed by atoms with Gasteiger partial charge in [-0.25, -0.2) is 4.98 Å². The van der Waals surface area contributed by atoms with E-state index in [-0.39, 0.29) is 18.4 Å². The summed E-state index contributed by atoms with van der Waals surface area (Å²) in [5, 5.41) is 8.62. The van der Waals surface area contributed by atoms with Crippen molar-refractivity contribution in [3.05, 3.63) is 71.9 Å². The maximum absolute atomic E-state index is 12.2. The third-order valence-corrected chi connectivity index (χ3v) is 5.14. The zero-order valence-electron chi connectivity index (χ0n) is 18.0. The fourth-order valence-corrected chi connectivity index (χ4v) is 3.54. The summed E-state index contributed by atoms with van der Waals surface area (Å²) in [7, 11) is 0. The molecule has 32 heavy (non-hydrogen) atoms. The van der Waals surface area contributed by atoms with E-state index in [0.717, 1.165) is 30.3 Å². The molecule has 2 heterocycles. The molecule has 0 atom stereocenters. The molecule has 1 saturated heterocycles. The standard InChI is InChI=1S/C24H26N6O2/c1-17-15-21(30-13-5-6-14-30)29-24(26-17)28-20-11-9-19(10-12-20)27-22(31)16-25-23(32)18-7-3-2-4-8-18/h2-4,7-12,15H,5-6,13-14,16H2,1H3,(H,25,32)(H,27,31)(H,26,28,29). The number of rotatable bonds is 7. The van der Waals surface area contributed by atoms with Gasteiger partial charge in [-0.3, -0.25) is 9.59 Å². The minimum absolute atomic E-state index is 0.107. The van der Waals surface area contributed by atoms with Gasteiger partial charge in [-0.15, -0.1) is 0 Å². The predicted molar refractivity (Wildman–Crippen MR) is 125 cm³/mol. The summed E-state index contributed by atoms with van der Waals surface area (Å²) in [5.74, 6) is 0.908. The summed E-state index contributed by atoms with van der Waals surface area (Å²) < 4.78 is 0. The monoisotopic (exact) mass is 430 g/mol. The normalized spacial score (nSPS) is 13.0. The van der Waals surface area contributed by atoms with Crippen LogP contribution in [0.25, 0.3) is 0 Å². The fraction of sp³-hybridized carbons (Fsp3) is 0.250. The Bertz CT molecular complexity index is 1080. The highest BCUT2D eigenvalue weighted by molar-refractivity contribution is 5.99. The second-order valence-electron chi connectivity index (χ2n) is 7.68. The first kappa shape index (κ1) is 21.3. The van der Waals surface area contributed by atoms with E-state index in [1.54, 1.807) is 36.4 Å². The highest BCUT2D eigenvalue weighted by Crippen LogP contribution is 2.22. The Balaban J connectivity index is 1.31. The summed E-state index contributed by atoms with van der Waals surface area (Å²) in [6.45, 7) is 3.90. The molecule has 0 spiro atoms. The minimum atomic E-state index is -0.299. The Morgan fingerprint density at radius 3 is 2.34 bits per heavy atom. The largest absolute Gasteiger partial charge is 0.356 e. The number of nitrogens with one attached hydrogen (secondary N) is 3. The first-order valence-electron chi connectivity index (χ1n) is 10.7. The average Bonchev–Trinajstić information content (AvgIpc) is 3.34. The van der Waals surface area contributed by atoms with Gasteiger partial charge in [0.2, 0.25) is 11.9 Å². The maximum Gasteiger partial charge on any atom is 0.251 e. The number of aryl methyl sites for hydroxylation is 1. The topological polar surface area (TPSA) is 99.3 Å². The molecule has 1 aromatic heterocycles. The van der Waals surface area contributed by atoms with Gasteiger partial charge in [0, 0.05) is 41.8 Å². The van der Waals surface area contributed by atoms with Gasteiger partial charge < -0.3 is 20.9 Å². The van der Waals surface area contributed by atoms with Crippen LogP contribution in [0.15, 0.2) is 60.7 Å². The lowest BCUT2D eigenvalue weighted by atomic mass is 10.2. The van der Waals surface area contributed by atoms with Crippen LogP contribution in [0, 0.1) is 6.92 Å². The van der Waals surface area contributed by atoms with Crippen LogP contribution >= 0.6 is 0 Å². The fourth-order valence-electron chi connectivity index (χ4n) is 3.54. The molecule has 1 aliphatic rings. The number of anilines is 4. The second-order valence-corrected chi connectivity index (χ2v) is 7.68. The molecule has 8 heteroatoms. The van der Waals surface area contributed by atoms with E-state index in [1.165, 1.54) is 12.8 Å². The second kappa shape index (κ2) is 9.91. The first-order valence-corrected chi connectivity index (χ1v) is 10.7. The van der Waals surface area contributed by atoms with Crippen molar-refractivity contribution in [3.8, 4) is 0 Å². The number of hydrogen-bond donors (Lipinski definition) is 3. The van der Waals surface area contributed by atoms with E-state index >= 15 is 0 Å². The molecule has 0 saturated carbocycles. The van der Waals surface area contributed by atoms with Crippen LogP contribution in [-0.2, 0) is 4.79 Å². The molecule has 0 radical (unpaired) electrons. The molecule has 164 valence electrons. The molecule has 3 aromatic rings. The smallest absolute Gasteiger partial charge is 0.251 e. The molecule has 2 aromatic carbocycles. The number of benzene rings is 2. The van der Waals surface area contributed by atoms with E-state index < -0.39 is 0 Å². The molecule has 0 unspecified atom stereocenters. The summed E-state index contributed by atoms with van der Waals surface area (Å²) in [4.78, 5) is 35.6. The van der Waals surface area contributed by atoms with Crippen molar-refractivity contribution in [1.29, 1.82) is 0 Å². The van der Waals surface area contributed by atoms with Crippen LogP contribution in [0.4, 0.5) is 23.1 Å². The number of nitrogens with zero attached hydrogens (tertiary/aromatic N) is 3. The minimum Gasteiger partial charge on any atom is -0.356 e. The van der Waals surface area contributed by atoms with E-state index in [0.29, 0.717) is 17.2 Å². The van der Waals surface area contributed by atoms with Gasteiger partial charge in [-0.2, -0.15) is 4.98 Å². The van der Waals surface area contributed by atoms with Gasteiger partial charge in [-0.1, -0.05) is 18.2 Å². The molecule has 8 nitrogen and oxygen atoms in total. The number of carbonyl (C=O) groups is 2. The average molecular weight is 431 g/mol. The lowest BCUT2D eigenvalue weighted by molar-refractivity contribution is -0.115. The Hall–Kier alpha value is -3.94. The zero-order chi connectivity index (χ0) is 22.3. The summed E-state index contributed by atoms with van der Waals surface area (Å²) in [6.07, 6.45) is 2.38. The molecule has 0 aliphatic carbocycles. The van der Waals surface area contributed by atoms with Gasteiger partial charge >= 0.3 is 0 Å². The van der Waals surface area contributed by atoms with Crippen molar-refractivity contribution >= 4 is 35.0 Å². The summed E-state index contributed by atoms with van der Waals surface area (Å²) in [5.41, 5.74) is 2.88. The quantitative estimate of drug-likeness (QED) is 0.531. The lowest BCUT2D eigenvalue weighted by Gasteiger charge is -2.17. The van der Waals surface area contributed by atoms with Crippen LogP contribution in [0.5, 0.6) is 0 Å². The van der Waals surface area contributed by atoms with Crippen molar-refractivity contribution in [1.82, 2.24) is 15.3 Å². The molecule has 4 rings (SSSR count). The number of aromatic nitrogens is 2. The third kappa shape index (κ3) is 5.60. The summed E-state index contributed by atoms with van der Waals surface area (Å²) in [6, 6.07) is 18.1. The Labute approximate surface area is 187 Å². The Morgan fingerprint density at radius 2 is 1.62 bits per heavy atom. The van der Waals surface area contributed by atoms with E-state index in [2.05, 4.69) is 30.8 Å². The van der Waals surface area contributed by atoms with Crippen molar-refractivity contribution < 1.29 is 9.59 Å². The van der Waals surface area contributed by atoms with E-state index in [1.807, 2.05) is 31.2 Å². The number of carbonyl (C=O) groups excluding carboxylic acids is 2. The predicted octanol–water partition coefficient (Wildman–Crippen LogP) is 3.50. The number of hydrogen-bond acceptors (Lipinski definition) is 6. The molecule has 0 bridgehead atoms. The Morgan fingerprint density at radius 1 is 0.938 bits per heavy atom. The summed E-state index contributed by atoms with van der Waals surface area (Å²) >= 11 is 0. The van der Waals surface area contributed by atoms with Crippen molar-refractivity contribution in [3.63, 3.8) is 0 Å². The Kier molecular flexibility index (Phi) is 6.60. The van der Waals surface area contributed by atoms with Gasteiger partial charge in [0.15, 0.2) is 0 Å². The van der Waals surface area contributed by atoms with Crippen LogP contribution in [0.1, 0.15) is 28.9 Å². The van der Waals surface area contributed by atoms with Crippen LogP contribution in [0.2, 0.25) is 0 Å². The van der Waals surface area contributed by atoms with Gasteiger partial charge in [-0.05, 0) is 56.2 Å². The molecular weight excluding hydrogens is 404 g/mol. The van der Waals surface area contributed by atoms with Crippen molar-refractivity contribution in [2.24, 2.45) is 0 Å².